The summed E-state index contributed by atoms with van der Waals surface area (Å²) in [6, 6.07) is 4.16. The lowest BCUT2D eigenvalue weighted by atomic mass is 9.54. The van der Waals surface area contributed by atoms with E-state index in [1.807, 2.05) is 12.1 Å². The van der Waals surface area contributed by atoms with Crippen LogP contribution in [0.3, 0.4) is 0 Å². The largest absolute Gasteiger partial charge is 0.467 e. The van der Waals surface area contributed by atoms with Crippen LogP contribution < -0.4 is 10.6 Å². The van der Waals surface area contributed by atoms with Crippen molar-refractivity contribution >= 4 is 5.91 Å². The predicted octanol–water partition coefficient (Wildman–Crippen LogP) is 1.83. The lowest BCUT2D eigenvalue weighted by Gasteiger charge is -2.57. The van der Waals surface area contributed by atoms with Crippen LogP contribution in [0.4, 0.5) is 0 Å². The van der Waals surface area contributed by atoms with Crippen molar-refractivity contribution in [2.24, 2.45) is 11.3 Å². The van der Waals surface area contributed by atoms with E-state index in [4.69, 9.17) is 9.15 Å². The molecule has 4 rings (SSSR count). The van der Waals surface area contributed by atoms with Crippen molar-refractivity contribution in [1.29, 1.82) is 0 Å². The molecule has 0 radical (unpaired) electrons. The Kier molecular flexibility index (Phi) is 3.70. The lowest BCUT2D eigenvalue weighted by molar-refractivity contribution is -0.135. The standard InChI is InChI=1S/C17H24N2O3/c20-14(18-10-12-4-3-8-21-12)11-19-15-13-5-9-22-16(13)17(15)6-1-2-7-17/h3-4,8,13,15-16,19H,1-2,5-7,9-11H2,(H,18,20)/t13-,15-,16+/m1/s1. The maximum absolute atomic E-state index is 12.0. The Bertz CT molecular complexity index is 522. The van der Waals surface area contributed by atoms with E-state index in [2.05, 4.69) is 10.6 Å². The molecule has 2 N–H and O–H groups in total. The van der Waals surface area contributed by atoms with E-state index >= 15 is 0 Å². The van der Waals surface area contributed by atoms with E-state index < -0.39 is 0 Å². The van der Waals surface area contributed by atoms with Gasteiger partial charge in [0.1, 0.15) is 5.76 Å². The van der Waals surface area contributed by atoms with Gasteiger partial charge in [-0.25, -0.2) is 0 Å². The van der Waals surface area contributed by atoms with Gasteiger partial charge in [0.05, 0.1) is 25.5 Å². The number of fused-ring (bicyclic) bond motifs is 2. The normalized spacial score (nSPS) is 31.9. The molecular weight excluding hydrogens is 280 g/mol. The highest BCUT2D eigenvalue weighted by Gasteiger charge is 2.64. The second kappa shape index (κ2) is 5.70. The van der Waals surface area contributed by atoms with Crippen LogP contribution in [0.5, 0.6) is 0 Å². The van der Waals surface area contributed by atoms with E-state index in [1.165, 1.54) is 25.7 Å². The smallest absolute Gasteiger partial charge is 0.234 e. The topological polar surface area (TPSA) is 63.5 Å². The highest BCUT2D eigenvalue weighted by molar-refractivity contribution is 5.78. The Labute approximate surface area is 130 Å². The molecule has 5 heteroatoms. The van der Waals surface area contributed by atoms with Gasteiger partial charge in [-0.05, 0) is 31.4 Å². The Morgan fingerprint density at radius 2 is 2.23 bits per heavy atom. The summed E-state index contributed by atoms with van der Waals surface area (Å²) in [5, 5.41) is 6.43. The molecule has 1 amide bonds. The van der Waals surface area contributed by atoms with Crippen molar-refractivity contribution in [2.75, 3.05) is 13.2 Å². The Morgan fingerprint density at radius 1 is 1.36 bits per heavy atom. The Balaban J connectivity index is 1.30. The summed E-state index contributed by atoms with van der Waals surface area (Å²) in [5.41, 5.74) is 0.308. The number of carbonyl (C=O) groups excluding carboxylic acids is 1. The van der Waals surface area contributed by atoms with Crippen LogP contribution in [0.25, 0.3) is 0 Å². The lowest BCUT2D eigenvalue weighted by Crippen LogP contribution is -2.68. The molecule has 1 aliphatic heterocycles. The predicted molar refractivity (Wildman–Crippen MR) is 81.1 cm³/mol. The van der Waals surface area contributed by atoms with Crippen LogP contribution in [0.1, 0.15) is 37.9 Å². The minimum absolute atomic E-state index is 0.0342. The zero-order valence-corrected chi connectivity index (χ0v) is 12.8. The fourth-order valence-electron chi connectivity index (χ4n) is 4.87. The molecular formula is C17H24N2O3. The second-order valence-corrected chi connectivity index (χ2v) is 6.90. The van der Waals surface area contributed by atoms with E-state index in [1.54, 1.807) is 6.26 Å². The summed E-state index contributed by atoms with van der Waals surface area (Å²) < 4.78 is 11.2. The van der Waals surface area contributed by atoms with Crippen LogP contribution >= 0.6 is 0 Å². The Hall–Kier alpha value is -1.33. The Morgan fingerprint density at radius 3 is 3.00 bits per heavy atom. The number of furan rings is 1. The molecule has 3 fully saturated rings. The highest BCUT2D eigenvalue weighted by Crippen LogP contribution is 2.60. The summed E-state index contributed by atoms with van der Waals surface area (Å²) >= 11 is 0. The van der Waals surface area contributed by atoms with E-state index in [-0.39, 0.29) is 5.91 Å². The molecule has 1 aromatic rings. The average molecular weight is 304 g/mol. The first kappa shape index (κ1) is 14.3. The maximum Gasteiger partial charge on any atom is 0.234 e. The van der Waals surface area contributed by atoms with Crippen LogP contribution in [0, 0.1) is 11.3 Å². The third-order valence-corrected chi connectivity index (χ3v) is 5.81. The first-order chi connectivity index (χ1) is 10.8. The van der Waals surface area contributed by atoms with Gasteiger partial charge in [-0.15, -0.1) is 0 Å². The highest BCUT2D eigenvalue weighted by atomic mass is 16.5. The molecule has 5 nitrogen and oxygen atoms in total. The number of nitrogens with one attached hydrogen (secondary N) is 2. The molecule has 2 aliphatic carbocycles. The van der Waals surface area contributed by atoms with Gasteiger partial charge in [0.2, 0.25) is 5.91 Å². The molecule has 2 saturated carbocycles. The van der Waals surface area contributed by atoms with Crippen molar-refractivity contribution in [2.45, 2.75) is 50.8 Å². The fraction of sp³-hybridized carbons (Fsp3) is 0.706. The quantitative estimate of drug-likeness (QED) is 0.871. The molecule has 1 spiro atoms. The zero-order valence-electron chi connectivity index (χ0n) is 12.8. The fourth-order valence-corrected chi connectivity index (χ4v) is 4.87. The van der Waals surface area contributed by atoms with Gasteiger partial charge in [-0.2, -0.15) is 0 Å². The van der Waals surface area contributed by atoms with Gasteiger partial charge in [0.25, 0.3) is 0 Å². The summed E-state index contributed by atoms with van der Waals surface area (Å²) in [6.07, 6.45) is 8.31. The molecule has 1 aromatic heterocycles. The number of ether oxygens (including phenoxy) is 1. The van der Waals surface area contributed by atoms with Crippen LogP contribution in [0.15, 0.2) is 22.8 Å². The SMILES string of the molecule is O=C(CN[C@@H]1[C@H]2CCO[C@@H]2C12CCCC2)NCc1ccco1. The van der Waals surface area contributed by atoms with Crippen LogP contribution in [-0.2, 0) is 16.1 Å². The molecule has 1 saturated heterocycles. The molecule has 0 aromatic carbocycles. The van der Waals surface area contributed by atoms with Crippen LogP contribution in [-0.4, -0.2) is 31.2 Å². The third-order valence-electron chi connectivity index (χ3n) is 5.81. The van der Waals surface area contributed by atoms with Crippen molar-refractivity contribution in [1.82, 2.24) is 10.6 Å². The number of hydrogen-bond donors (Lipinski definition) is 2. The number of hydrogen-bond acceptors (Lipinski definition) is 4. The average Bonchev–Trinajstić information content (AvgIpc) is 3.25. The van der Waals surface area contributed by atoms with Crippen molar-refractivity contribution < 1.29 is 13.9 Å². The number of rotatable bonds is 5. The van der Waals surface area contributed by atoms with Gasteiger partial charge in [0.15, 0.2) is 0 Å². The molecule has 3 atom stereocenters. The van der Waals surface area contributed by atoms with E-state index in [9.17, 15) is 4.79 Å². The van der Waals surface area contributed by atoms with E-state index in [0.717, 1.165) is 18.8 Å². The summed E-state index contributed by atoms with van der Waals surface area (Å²) in [5.74, 6) is 1.43. The minimum Gasteiger partial charge on any atom is -0.467 e. The molecule has 2 heterocycles. The van der Waals surface area contributed by atoms with Crippen LogP contribution in [0.2, 0.25) is 0 Å². The monoisotopic (exact) mass is 304 g/mol. The summed E-state index contributed by atoms with van der Waals surface area (Å²) in [6.45, 7) is 1.73. The van der Waals surface area contributed by atoms with Crippen molar-refractivity contribution in [3.8, 4) is 0 Å². The molecule has 3 aliphatic rings. The van der Waals surface area contributed by atoms with E-state index in [0.29, 0.717) is 36.6 Å². The summed E-state index contributed by atoms with van der Waals surface area (Å²) in [4.78, 5) is 12.0. The number of amides is 1. The molecule has 0 bridgehead atoms. The second-order valence-electron chi connectivity index (χ2n) is 6.90. The first-order valence-electron chi connectivity index (χ1n) is 8.44. The van der Waals surface area contributed by atoms with Gasteiger partial charge in [-0.3, -0.25) is 4.79 Å². The van der Waals surface area contributed by atoms with Gasteiger partial charge in [0, 0.05) is 24.0 Å². The van der Waals surface area contributed by atoms with Gasteiger partial charge >= 0.3 is 0 Å². The van der Waals surface area contributed by atoms with Crippen molar-refractivity contribution in [3.05, 3.63) is 24.2 Å². The molecule has 0 unspecified atom stereocenters. The maximum atomic E-state index is 12.0. The zero-order chi connectivity index (χ0) is 15.0. The molecule has 22 heavy (non-hydrogen) atoms. The minimum atomic E-state index is 0.0342. The number of carbonyl (C=O) groups is 1. The third kappa shape index (κ3) is 2.27. The van der Waals surface area contributed by atoms with Gasteiger partial charge in [-0.1, -0.05) is 12.8 Å². The van der Waals surface area contributed by atoms with Crippen molar-refractivity contribution in [3.63, 3.8) is 0 Å². The first-order valence-corrected chi connectivity index (χ1v) is 8.44. The summed E-state index contributed by atoms with van der Waals surface area (Å²) in [7, 11) is 0. The van der Waals surface area contributed by atoms with Gasteiger partial charge < -0.3 is 19.8 Å². The molecule has 120 valence electrons.